The van der Waals surface area contributed by atoms with Crippen molar-refractivity contribution in [3.8, 4) is 0 Å². The maximum Gasteiger partial charge on any atom is 0.221 e. The Kier molecular flexibility index (Phi) is 6.47. The number of hydrogen-bond acceptors (Lipinski definition) is 1. The monoisotopic (exact) mass is 361 g/mol. The zero-order chi connectivity index (χ0) is 17.7. The minimum atomic E-state index is -0.0611. The van der Waals surface area contributed by atoms with E-state index in [1.807, 2.05) is 50.2 Å². The predicted molar refractivity (Wildman–Crippen MR) is 103 cm³/mol. The molecular formula is C20H21Cl2NO. The number of halogens is 2. The molecule has 0 radical (unpaired) electrons. The van der Waals surface area contributed by atoms with Gasteiger partial charge in [0.05, 0.1) is 10.0 Å². The van der Waals surface area contributed by atoms with Gasteiger partial charge in [-0.05, 0) is 29.7 Å². The van der Waals surface area contributed by atoms with Gasteiger partial charge in [0.1, 0.15) is 0 Å². The zero-order valence-corrected chi connectivity index (χ0v) is 15.6. The van der Waals surface area contributed by atoms with Gasteiger partial charge in [0.2, 0.25) is 5.91 Å². The molecule has 1 atom stereocenters. The van der Waals surface area contributed by atoms with Crippen LogP contribution < -0.4 is 5.32 Å². The third-order valence-electron chi connectivity index (χ3n) is 3.84. The molecule has 126 valence electrons. The number of nitrogens with one attached hydrogen (secondary N) is 1. The van der Waals surface area contributed by atoms with Crippen LogP contribution in [0.3, 0.4) is 0 Å². The molecular weight excluding hydrogens is 341 g/mol. The molecule has 1 amide bonds. The van der Waals surface area contributed by atoms with Crippen molar-refractivity contribution in [1.29, 1.82) is 0 Å². The van der Waals surface area contributed by atoms with Gasteiger partial charge in [-0.15, -0.1) is 0 Å². The zero-order valence-electron chi connectivity index (χ0n) is 14.1. The molecule has 2 nitrogen and oxygen atoms in total. The molecule has 0 spiro atoms. The van der Waals surface area contributed by atoms with Crippen LogP contribution >= 0.6 is 23.2 Å². The van der Waals surface area contributed by atoms with E-state index in [1.165, 1.54) is 12.5 Å². The van der Waals surface area contributed by atoms with Gasteiger partial charge >= 0.3 is 0 Å². The van der Waals surface area contributed by atoms with E-state index >= 15 is 0 Å². The quantitative estimate of drug-likeness (QED) is 0.694. The molecule has 2 aromatic carbocycles. The van der Waals surface area contributed by atoms with Crippen molar-refractivity contribution in [2.75, 3.05) is 0 Å². The van der Waals surface area contributed by atoms with Gasteiger partial charge in [0.25, 0.3) is 0 Å². The summed E-state index contributed by atoms with van der Waals surface area (Å²) in [6.07, 6.45) is 2.88. The molecule has 0 bridgehead atoms. The van der Waals surface area contributed by atoms with Crippen LogP contribution in [0.2, 0.25) is 10.0 Å². The van der Waals surface area contributed by atoms with Crippen molar-refractivity contribution in [3.05, 3.63) is 75.3 Å². The highest BCUT2D eigenvalue weighted by Crippen LogP contribution is 2.39. The Morgan fingerprint density at radius 3 is 2.46 bits per heavy atom. The van der Waals surface area contributed by atoms with E-state index in [4.69, 9.17) is 23.2 Å². The highest BCUT2D eigenvalue weighted by Gasteiger charge is 2.23. The lowest BCUT2D eigenvalue weighted by molar-refractivity contribution is -0.117. The molecule has 0 saturated heterocycles. The summed E-state index contributed by atoms with van der Waals surface area (Å²) in [6.45, 7) is 5.52. The maximum absolute atomic E-state index is 11.4. The SMILES string of the molecule is CC.CC(=O)NC1=CC[C@@H](c2ccc(Cl)c(Cl)c2)c2ccccc21. The molecule has 4 heteroatoms. The van der Waals surface area contributed by atoms with Crippen LogP contribution in [-0.2, 0) is 4.79 Å². The summed E-state index contributed by atoms with van der Waals surface area (Å²) in [7, 11) is 0. The minimum absolute atomic E-state index is 0.0611. The average Bonchev–Trinajstić information content (AvgIpc) is 2.59. The number of benzene rings is 2. The Morgan fingerprint density at radius 1 is 1.08 bits per heavy atom. The summed E-state index contributed by atoms with van der Waals surface area (Å²) in [5.74, 6) is 0.150. The van der Waals surface area contributed by atoms with Crippen molar-refractivity contribution < 1.29 is 4.79 Å². The van der Waals surface area contributed by atoms with E-state index in [-0.39, 0.29) is 11.8 Å². The van der Waals surface area contributed by atoms with Gasteiger partial charge in [0.15, 0.2) is 0 Å². The first-order valence-corrected chi connectivity index (χ1v) is 8.84. The molecule has 0 heterocycles. The fraction of sp³-hybridized carbons (Fsp3) is 0.250. The second-order valence-corrected chi connectivity index (χ2v) is 6.16. The summed E-state index contributed by atoms with van der Waals surface area (Å²) in [6, 6.07) is 13.9. The summed E-state index contributed by atoms with van der Waals surface area (Å²) in [5, 5.41) is 4.03. The number of amides is 1. The first-order chi connectivity index (χ1) is 11.6. The van der Waals surface area contributed by atoms with Crippen molar-refractivity contribution in [3.63, 3.8) is 0 Å². The van der Waals surface area contributed by atoms with Gasteiger partial charge in [-0.25, -0.2) is 0 Å². The van der Waals surface area contributed by atoms with Crippen molar-refractivity contribution in [1.82, 2.24) is 5.32 Å². The smallest absolute Gasteiger partial charge is 0.221 e. The van der Waals surface area contributed by atoms with Crippen molar-refractivity contribution in [2.24, 2.45) is 0 Å². The van der Waals surface area contributed by atoms with E-state index < -0.39 is 0 Å². The first-order valence-electron chi connectivity index (χ1n) is 8.08. The van der Waals surface area contributed by atoms with Gasteiger partial charge in [-0.1, -0.05) is 73.5 Å². The van der Waals surface area contributed by atoms with E-state index in [2.05, 4.69) is 17.5 Å². The second-order valence-electron chi connectivity index (χ2n) is 5.35. The molecule has 24 heavy (non-hydrogen) atoms. The van der Waals surface area contributed by atoms with Gasteiger partial charge < -0.3 is 5.32 Å². The molecule has 0 aromatic heterocycles. The van der Waals surface area contributed by atoms with Crippen molar-refractivity contribution >= 4 is 34.8 Å². The van der Waals surface area contributed by atoms with Crippen LogP contribution in [-0.4, -0.2) is 5.91 Å². The standard InChI is InChI=1S/C18H15Cl2NO.C2H6/c1-11(22)21-18-9-7-13(14-4-2-3-5-15(14)18)12-6-8-16(19)17(20)10-12;1-2/h2-6,8-10,13H,7H2,1H3,(H,21,22);1-2H3/t13-;/m0./s1. The summed E-state index contributed by atoms with van der Waals surface area (Å²) >= 11 is 12.2. The van der Waals surface area contributed by atoms with Crippen LogP contribution in [0.25, 0.3) is 5.70 Å². The van der Waals surface area contributed by atoms with Crippen LogP contribution in [0.4, 0.5) is 0 Å². The lowest BCUT2D eigenvalue weighted by Crippen LogP contribution is -2.22. The van der Waals surface area contributed by atoms with Crippen LogP contribution in [0.1, 0.15) is 49.8 Å². The maximum atomic E-state index is 11.4. The third-order valence-corrected chi connectivity index (χ3v) is 4.58. The lowest BCUT2D eigenvalue weighted by Gasteiger charge is -2.26. The van der Waals surface area contributed by atoms with E-state index in [9.17, 15) is 4.79 Å². The Labute approximate surface area is 153 Å². The summed E-state index contributed by atoms with van der Waals surface area (Å²) in [5.41, 5.74) is 4.24. The molecule has 1 aliphatic rings. The molecule has 1 aliphatic carbocycles. The highest BCUT2D eigenvalue weighted by atomic mass is 35.5. The van der Waals surface area contributed by atoms with E-state index in [0.29, 0.717) is 10.0 Å². The Bertz CT molecular complexity index is 768. The van der Waals surface area contributed by atoms with Gasteiger partial charge in [-0.2, -0.15) is 0 Å². The Balaban J connectivity index is 0.00000100. The molecule has 0 aliphatic heterocycles. The normalized spacial score (nSPS) is 15.5. The van der Waals surface area contributed by atoms with Crippen LogP contribution in [0.15, 0.2) is 48.5 Å². The fourth-order valence-electron chi connectivity index (χ4n) is 2.87. The molecule has 0 saturated carbocycles. The van der Waals surface area contributed by atoms with Gasteiger partial charge in [0, 0.05) is 24.1 Å². The van der Waals surface area contributed by atoms with E-state index in [1.54, 1.807) is 0 Å². The minimum Gasteiger partial charge on any atom is -0.326 e. The molecule has 1 N–H and O–H groups in total. The lowest BCUT2D eigenvalue weighted by atomic mass is 9.81. The summed E-state index contributed by atoms with van der Waals surface area (Å²) < 4.78 is 0. The highest BCUT2D eigenvalue weighted by molar-refractivity contribution is 6.42. The first kappa shape index (κ1) is 18.6. The summed E-state index contributed by atoms with van der Waals surface area (Å²) in [4.78, 5) is 11.4. The number of carbonyl (C=O) groups excluding carboxylic acids is 1. The molecule has 3 rings (SSSR count). The number of hydrogen-bond donors (Lipinski definition) is 1. The second kappa shape index (κ2) is 8.36. The topological polar surface area (TPSA) is 29.1 Å². The molecule has 2 aromatic rings. The van der Waals surface area contributed by atoms with Gasteiger partial charge in [-0.3, -0.25) is 4.79 Å². The van der Waals surface area contributed by atoms with E-state index in [0.717, 1.165) is 23.2 Å². The predicted octanol–water partition coefficient (Wildman–Crippen LogP) is 6.03. The number of rotatable bonds is 2. The number of fused-ring (bicyclic) bond motifs is 1. The Morgan fingerprint density at radius 2 is 1.79 bits per heavy atom. The molecule has 0 unspecified atom stereocenters. The van der Waals surface area contributed by atoms with Crippen LogP contribution in [0, 0.1) is 0 Å². The Hall–Kier alpha value is -1.77. The van der Waals surface area contributed by atoms with Crippen molar-refractivity contribution in [2.45, 2.75) is 33.1 Å². The number of carbonyl (C=O) groups is 1. The fourth-order valence-corrected chi connectivity index (χ4v) is 3.18. The third kappa shape index (κ3) is 4.00. The average molecular weight is 362 g/mol. The van der Waals surface area contributed by atoms with Crippen LogP contribution in [0.5, 0.6) is 0 Å². The molecule has 0 fully saturated rings. The number of allylic oxidation sites excluding steroid dienone is 1. The largest absolute Gasteiger partial charge is 0.326 e.